The monoisotopic (exact) mass is 400 g/mol. The van der Waals surface area contributed by atoms with Crippen molar-refractivity contribution in [2.45, 2.75) is 46.5 Å². The number of carbonyl (C=O) groups excluding carboxylic acids is 1. The molecule has 0 aromatic heterocycles. The van der Waals surface area contributed by atoms with Gasteiger partial charge in [0.15, 0.2) is 0 Å². The lowest BCUT2D eigenvalue weighted by atomic mass is 9.98. The fraction of sp³-hybridized carbons (Fsp3) is 0.409. The minimum atomic E-state index is -3.32. The second kappa shape index (κ2) is 7.95. The number of nitrogens with one attached hydrogen (secondary N) is 1. The maximum absolute atomic E-state index is 13.0. The third-order valence-electron chi connectivity index (χ3n) is 5.25. The Hall–Kier alpha value is -2.34. The van der Waals surface area contributed by atoms with Gasteiger partial charge in [-0.2, -0.15) is 0 Å². The summed E-state index contributed by atoms with van der Waals surface area (Å²) in [6, 6.07) is 11.2. The Kier molecular flexibility index (Phi) is 5.79. The molecular weight excluding hydrogens is 372 g/mol. The van der Waals surface area contributed by atoms with Gasteiger partial charge in [0.2, 0.25) is 10.0 Å². The first kappa shape index (κ1) is 20.4. The lowest BCUT2D eigenvalue weighted by Gasteiger charge is -2.29. The van der Waals surface area contributed by atoms with E-state index in [0.717, 1.165) is 28.8 Å². The second-order valence-electron chi connectivity index (χ2n) is 7.74. The summed E-state index contributed by atoms with van der Waals surface area (Å²) in [6.45, 7) is 8.50. The Bertz CT molecular complexity index is 997. The minimum Gasteiger partial charge on any atom is -0.321 e. The van der Waals surface area contributed by atoms with Crippen LogP contribution in [0.4, 0.5) is 11.4 Å². The highest BCUT2D eigenvalue weighted by atomic mass is 32.2. The van der Waals surface area contributed by atoms with Gasteiger partial charge in [-0.15, -0.1) is 0 Å². The van der Waals surface area contributed by atoms with E-state index in [2.05, 4.69) is 19.2 Å². The molecule has 28 heavy (non-hydrogen) atoms. The molecule has 0 saturated carbocycles. The minimum absolute atomic E-state index is 0.157. The third-order valence-corrected chi connectivity index (χ3v) is 7.11. The summed E-state index contributed by atoms with van der Waals surface area (Å²) in [5.41, 5.74) is 4.82. The Morgan fingerprint density at radius 1 is 1.07 bits per heavy atom. The molecule has 6 heteroatoms. The fourth-order valence-corrected chi connectivity index (χ4v) is 5.30. The molecule has 1 saturated heterocycles. The standard InChI is InChI=1S/C22H28N2O3S/c1-15(2)19-9-7-8-17(4)21(19)23-22(25)18-11-10-16(3)20(14-18)24-12-5-6-13-28(24,26)27/h7-11,14-15H,5-6,12-13H2,1-4H3,(H,23,25). The molecule has 1 heterocycles. The van der Waals surface area contributed by atoms with E-state index in [4.69, 9.17) is 0 Å². The smallest absolute Gasteiger partial charge is 0.255 e. The van der Waals surface area contributed by atoms with Crippen molar-refractivity contribution in [2.75, 3.05) is 21.9 Å². The number of para-hydroxylation sites is 1. The van der Waals surface area contributed by atoms with Crippen LogP contribution in [0, 0.1) is 13.8 Å². The number of rotatable bonds is 4. The summed E-state index contributed by atoms with van der Waals surface area (Å²) in [6.07, 6.45) is 1.51. The number of aryl methyl sites for hydroxylation is 2. The highest BCUT2D eigenvalue weighted by Gasteiger charge is 2.27. The number of hydrogen-bond acceptors (Lipinski definition) is 3. The Labute approximate surface area is 167 Å². The van der Waals surface area contributed by atoms with E-state index in [0.29, 0.717) is 24.2 Å². The molecule has 1 fully saturated rings. The zero-order valence-corrected chi connectivity index (χ0v) is 17.8. The largest absolute Gasteiger partial charge is 0.321 e. The van der Waals surface area contributed by atoms with Crippen LogP contribution < -0.4 is 9.62 Å². The van der Waals surface area contributed by atoms with E-state index >= 15 is 0 Å². The van der Waals surface area contributed by atoms with Crippen LogP contribution in [0.2, 0.25) is 0 Å². The third kappa shape index (κ3) is 4.07. The molecule has 0 radical (unpaired) electrons. The van der Waals surface area contributed by atoms with Gasteiger partial charge in [0, 0.05) is 17.8 Å². The van der Waals surface area contributed by atoms with E-state index in [1.807, 2.05) is 38.1 Å². The maximum atomic E-state index is 13.0. The van der Waals surface area contributed by atoms with Crippen molar-refractivity contribution in [1.82, 2.24) is 0 Å². The second-order valence-corrected chi connectivity index (χ2v) is 9.76. The number of carbonyl (C=O) groups is 1. The molecule has 5 nitrogen and oxygen atoms in total. The van der Waals surface area contributed by atoms with Gasteiger partial charge in [-0.3, -0.25) is 9.10 Å². The van der Waals surface area contributed by atoms with E-state index < -0.39 is 10.0 Å². The molecule has 1 aliphatic rings. The lowest BCUT2D eigenvalue weighted by molar-refractivity contribution is 0.102. The van der Waals surface area contributed by atoms with Crippen molar-refractivity contribution >= 4 is 27.3 Å². The summed E-state index contributed by atoms with van der Waals surface area (Å²) in [5, 5.41) is 3.04. The van der Waals surface area contributed by atoms with Gasteiger partial charge in [-0.25, -0.2) is 8.42 Å². The average Bonchev–Trinajstić information content (AvgIpc) is 2.63. The molecule has 1 N–H and O–H groups in total. The fourth-order valence-electron chi connectivity index (χ4n) is 3.61. The molecule has 0 aliphatic carbocycles. The molecule has 3 rings (SSSR count). The van der Waals surface area contributed by atoms with Crippen LogP contribution in [0.3, 0.4) is 0 Å². The van der Waals surface area contributed by atoms with E-state index in [9.17, 15) is 13.2 Å². The Balaban J connectivity index is 1.95. The molecule has 2 aromatic carbocycles. The molecule has 1 amide bonds. The van der Waals surface area contributed by atoms with Crippen molar-refractivity contribution in [2.24, 2.45) is 0 Å². The number of hydrogen-bond donors (Lipinski definition) is 1. The molecule has 150 valence electrons. The van der Waals surface area contributed by atoms with Gasteiger partial charge in [0.25, 0.3) is 5.91 Å². The quantitative estimate of drug-likeness (QED) is 0.815. The zero-order valence-electron chi connectivity index (χ0n) is 17.0. The van der Waals surface area contributed by atoms with Crippen LogP contribution in [-0.4, -0.2) is 26.6 Å². The lowest BCUT2D eigenvalue weighted by Crippen LogP contribution is -2.38. The highest BCUT2D eigenvalue weighted by Crippen LogP contribution is 2.30. The van der Waals surface area contributed by atoms with Gasteiger partial charge in [0.1, 0.15) is 0 Å². The Morgan fingerprint density at radius 2 is 1.82 bits per heavy atom. The molecule has 0 spiro atoms. The van der Waals surface area contributed by atoms with Crippen molar-refractivity contribution in [1.29, 1.82) is 0 Å². The predicted octanol–water partition coefficient (Wildman–Crippen LogP) is 4.61. The molecule has 0 atom stereocenters. The topological polar surface area (TPSA) is 66.5 Å². The highest BCUT2D eigenvalue weighted by molar-refractivity contribution is 7.92. The van der Waals surface area contributed by atoms with Crippen molar-refractivity contribution in [3.05, 3.63) is 58.7 Å². The Morgan fingerprint density at radius 3 is 2.50 bits per heavy atom. The predicted molar refractivity (Wildman–Crippen MR) is 115 cm³/mol. The average molecular weight is 401 g/mol. The first-order chi connectivity index (χ1) is 13.2. The number of sulfonamides is 1. The molecule has 0 unspecified atom stereocenters. The van der Waals surface area contributed by atoms with Crippen LogP contribution in [0.15, 0.2) is 36.4 Å². The number of nitrogens with zero attached hydrogens (tertiary/aromatic N) is 1. The zero-order chi connectivity index (χ0) is 20.5. The van der Waals surface area contributed by atoms with E-state index in [-0.39, 0.29) is 17.6 Å². The van der Waals surface area contributed by atoms with E-state index in [1.54, 1.807) is 12.1 Å². The first-order valence-corrected chi connectivity index (χ1v) is 11.3. The summed E-state index contributed by atoms with van der Waals surface area (Å²) in [5.74, 6) is 0.207. The van der Waals surface area contributed by atoms with Crippen LogP contribution >= 0.6 is 0 Å². The van der Waals surface area contributed by atoms with Crippen LogP contribution in [0.5, 0.6) is 0 Å². The van der Waals surface area contributed by atoms with Crippen LogP contribution in [0.25, 0.3) is 0 Å². The molecule has 0 bridgehead atoms. The molecular formula is C22H28N2O3S. The van der Waals surface area contributed by atoms with Crippen molar-refractivity contribution < 1.29 is 13.2 Å². The molecule has 2 aromatic rings. The van der Waals surface area contributed by atoms with Gasteiger partial charge in [0.05, 0.1) is 11.4 Å². The maximum Gasteiger partial charge on any atom is 0.255 e. The molecule has 1 aliphatic heterocycles. The SMILES string of the molecule is Cc1ccc(C(=O)Nc2c(C)cccc2C(C)C)cc1N1CCCCS1(=O)=O. The number of amides is 1. The normalized spacial score (nSPS) is 16.2. The van der Waals surface area contributed by atoms with Crippen LogP contribution in [0.1, 0.15) is 59.7 Å². The van der Waals surface area contributed by atoms with Crippen molar-refractivity contribution in [3.8, 4) is 0 Å². The van der Waals surface area contributed by atoms with Gasteiger partial charge >= 0.3 is 0 Å². The van der Waals surface area contributed by atoms with E-state index in [1.165, 1.54) is 4.31 Å². The summed E-state index contributed by atoms with van der Waals surface area (Å²) in [7, 11) is -3.32. The van der Waals surface area contributed by atoms with Gasteiger partial charge < -0.3 is 5.32 Å². The van der Waals surface area contributed by atoms with Gasteiger partial charge in [-0.05, 0) is 61.4 Å². The van der Waals surface area contributed by atoms with Crippen molar-refractivity contribution in [3.63, 3.8) is 0 Å². The number of benzene rings is 2. The summed E-state index contributed by atoms with van der Waals surface area (Å²) in [4.78, 5) is 13.0. The summed E-state index contributed by atoms with van der Waals surface area (Å²) >= 11 is 0. The first-order valence-electron chi connectivity index (χ1n) is 9.72. The van der Waals surface area contributed by atoms with Crippen LogP contribution in [-0.2, 0) is 10.0 Å². The van der Waals surface area contributed by atoms with Gasteiger partial charge in [-0.1, -0.05) is 38.1 Å². The number of anilines is 2. The summed E-state index contributed by atoms with van der Waals surface area (Å²) < 4.78 is 26.4.